The summed E-state index contributed by atoms with van der Waals surface area (Å²) in [4.78, 5) is 12.3. The lowest BCUT2D eigenvalue weighted by molar-refractivity contribution is -0.111. The molecular weight excluding hydrogens is 342 g/mol. The van der Waals surface area contributed by atoms with Crippen LogP contribution < -0.4 is 19.5 Å². The van der Waals surface area contributed by atoms with Crippen molar-refractivity contribution < 1.29 is 19.0 Å². The van der Waals surface area contributed by atoms with Crippen molar-refractivity contribution in [3.05, 3.63) is 53.6 Å². The molecule has 0 aliphatic rings. The average Bonchev–Trinajstić information content (AvgIpc) is 2.65. The molecular formula is C22H27NO4. The van der Waals surface area contributed by atoms with Crippen LogP contribution in [0.15, 0.2) is 42.5 Å². The van der Waals surface area contributed by atoms with Gasteiger partial charge in [0, 0.05) is 6.08 Å². The minimum absolute atomic E-state index is 0.238. The summed E-state index contributed by atoms with van der Waals surface area (Å²) in [6.45, 7) is 6.75. The van der Waals surface area contributed by atoms with E-state index in [1.165, 1.54) is 6.08 Å². The molecule has 1 N–H and O–H groups in total. The van der Waals surface area contributed by atoms with Gasteiger partial charge < -0.3 is 19.5 Å². The summed E-state index contributed by atoms with van der Waals surface area (Å²) in [5.41, 5.74) is 2.52. The van der Waals surface area contributed by atoms with Gasteiger partial charge in [0.25, 0.3) is 0 Å². The third-order valence-corrected chi connectivity index (χ3v) is 3.80. The molecule has 0 saturated carbocycles. The first-order valence-electron chi connectivity index (χ1n) is 8.87. The fraction of sp³-hybridized carbons (Fsp3) is 0.318. The standard InChI is InChI=1S/C22H27NO4/c1-15(2)14-27-20-10-7-17(13-21(20)26-5)8-11-22(24)23-18-12-16(3)6-9-19(18)25-4/h6-13,15H,14H2,1-5H3,(H,23,24)/b11-8+. The Morgan fingerprint density at radius 2 is 1.74 bits per heavy atom. The lowest BCUT2D eigenvalue weighted by atomic mass is 10.1. The summed E-state index contributed by atoms with van der Waals surface area (Å²) < 4.78 is 16.4. The third kappa shape index (κ3) is 6.06. The van der Waals surface area contributed by atoms with Crippen LogP contribution in [-0.2, 0) is 4.79 Å². The van der Waals surface area contributed by atoms with Gasteiger partial charge in [-0.1, -0.05) is 26.0 Å². The predicted molar refractivity (Wildman–Crippen MR) is 109 cm³/mol. The number of carbonyl (C=O) groups is 1. The summed E-state index contributed by atoms with van der Waals surface area (Å²) >= 11 is 0. The normalized spacial score (nSPS) is 10.9. The van der Waals surface area contributed by atoms with E-state index in [1.807, 2.05) is 43.3 Å². The van der Waals surface area contributed by atoms with E-state index in [0.29, 0.717) is 35.5 Å². The molecule has 0 aliphatic carbocycles. The Labute approximate surface area is 161 Å². The number of methoxy groups -OCH3 is 2. The maximum absolute atomic E-state index is 12.3. The average molecular weight is 369 g/mol. The van der Waals surface area contributed by atoms with Crippen LogP contribution in [0, 0.1) is 12.8 Å². The van der Waals surface area contributed by atoms with E-state index in [0.717, 1.165) is 11.1 Å². The van der Waals surface area contributed by atoms with Crippen molar-refractivity contribution in [2.45, 2.75) is 20.8 Å². The Kier molecular flexibility index (Phi) is 7.29. The Balaban J connectivity index is 2.08. The van der Waals surface area contributed by atoms with E-state index in [4.69, 9.17) is 14.2 Å². The summed E-state index contributed by atoms with van der Waals surface area (Å²) in [5.74, 6) is 2.14. The smallest absolute Gasteiger partial charge is 0.248 e. The zero-order valence-corrected chi connectivity index (χ0v) is 16.5. The van der Waals surface area contributed by atoms with Gasteiger partial charge in [-0.3, -0.25) is 4.79 Å². The SMILES string of the molecule is COc1ccc(C)cc1NC(=O)/C=C/c1ccc(OCC(C)C)c(OC)c1. The van der Waals surface area contributed by atoms with Crippen molar-refractivity contribution >= 4 is 17.7 Å². The highest BCUT2D eigenvalue weighted by molar-refractivity contribution is 6.02. The van der Waals surface area contributed by atoms with Crippen molar-refractivity contribution in [3.8, 4) is 17.2 Å². The number of hydrogen-bond donors (Lipinski definition) is 1. The number of ether oxygens (including phenoxy) is 3. The van der Waals surface area contributed by atoms with Crippen LogP contribution in [0.5, 0.6) is 17.2 Å². The number of rotatable bonds is 8. The molecule has 0 aliphatic heterocycles. The first-order chi connectivity index (χ1) is 12.9. The molecule has 0 fully saturated rings. The van der Waals surface area contributed by atoms with Gasteiger partial charge in [0.05, 0.1) is 26.5 Å². The number of benzene rings is 2. The molecule has 27 heavy (non-hydrogen) atoms. The molecule has 0 saturated heterocycles. The lowest BCUT2D eigenvalue weighted by Gasteiger charge is -2.13. The van der Waals surface area contributed by atoms with Crippen molar-refractivity contribution in [3.63, 3.8) is 0 Å². The van der Waals surface area contributed by atoms with Gasteiger partial charge in [-0.05, 0) is 54.3 Å². The van der Waals surface area contributed by atoms with E-state index >= 15 is 0 Å². The van der Waals surface area contributed by atoms with Gasteiger partial charge in [0.2, 0.25) is 5.91 Å². The number of carbonyl (C=O) groups excluding carboxylic acids is 1. The molecule has 0 aromatic heterocycles. The minimum Gasteiger partial charge on any atom is -0.495 e. The highest BCUT2D eigenvalue weighted by Crippen LogP contribution is 2.29. The molecule has 0 atom stereocenters. The second-order valence-corrected chi connectivity index (χ2v) is 6.64. The molecule has 2 rings (SSSR count). The van der Waals surface area contributed by atoms with E-state index in [9.17, 15) is 4.79 Å². The van der Waals surface area contributed by atoms with E-state index in [-0.39, 0.29) is 5.91 Å². The van der Waals surface area contributed by atoms with E-state index in [1.54, 1.807) is 20.3 Å². The summed E-state index contributed by atoms with van der Waals surface area (Å²) in [6.07, 6.45) is 3.21. The van der Waals surface area contributed by atoms with Crippen LogP contribution >= 0.6 is 0 Å². The molecule has 0 spiro atoms. The quantitative estimate of drug-likeness (QED) is 0.685. The summed E-state index contributed by atoms with van der Waals surface area (Å²) in [6, 6.07) is 11.2. The number of amides is 1. The van der Waals surface area contributed by atoms with Crippen LogP contribution in [-0.4, -0.2) is 26.7 Å². The molecule has 5 heteroatoms. The van der Waals surface area contributed by atoms with Crippen molar-refractivity contribution in [1.29, 1.82) is 0 Å². The molecule has 0 bridgehead atoms. The van der Waals surface area contributed by atoms with Gasteiger partial charge in [0.15, 0.2) is 11.5 Å². The fourth-order valence-electron chi connectivity index (χ4n) is 2.43. The van der Waals surface area contributed by atoms with Gasteiger partial charge in [-0.25, -0.2) is 0 Å². The van der Waals surface area contributed by atoms with E-state index in [2.05, 4.69) is 19.2 Å². The van der Waals surface area contributed by atoms with Crippen LogP contribution in [0.25, 0.3) is 6.08 Å². The monoisotopic (exact) mass is 369 g/mol. The van der Waals surface area contributed by atoms with E-state index < -0.39 is 0 Å². The van der Waals surface area contributed by atoms with Gasteiger partial charge in [-0.2, -0.15) is 0 Å². The second kappa shape index (κ2) is 9.67. The zero-order valence-electron chi connectivity index (χ0n) is 16.5. The minimum atomic E-state index is -0.238. The highest BCUT2D eigenvalue weighted by Gasteiger charge is 2.08. The Hall–Kier alpha value is -2.95. The van der Waals surface area contributed by atoms with Gasteiger partial charge >= 0.3 is 0 Å². The number of aryl methyl sites for hydroxylation is 1. The first kappa shape index (κ1) is 20.4. The Morgan fingerprint density at radius 3 is 2.41 bits per heavy atom. The topological polar surface area (TPSA) is 56.8 Å². The molecule has 0 heterocycles. The Morgan fingerprint density at radius 1 is 1.04 bits per heavy atom. The largest absolute Gasteiger partial charge is 0.495 e. The van der Waals surface area contributed by atoms with Gasteiger partial charge in [-0.15, -0.1) is 0 Å². The lowest BCUT2D eigenvalue weighted by Crippen LogP contribution is -2.09. The zero-order chi connectivity index (χ0) is 19.8. The molecule has 0 radical (unpaired) electrons. The molecule has 0 unspecified atom stereocenters. The number of nitrogens with one attached hydrogen (secondary N) is 1. The highest BCUT2D eigenvalue weighted by atomic mass is 16.5. The van der Waals surface area contributed by atoms with Crippen LogP contribution in [0.3, 0.4) is 0 Å². The second-order valence-electron chi connectivity index (χ2n) is 6.64. The van der Waals surface area contributed by atoms with Crippen LogP contribution in [0.4, 0.5) is 5.69 Å². The van der Waals surface area contributed by atoms with Crippen molar-refractivity contribution in [2.24, 2.45) is 5.92 Å². The molecule has 2 aromatic rings. The number of hydrogen-bond acceptors (Lipinski definition) is 4. The summed E-state index contributed by atoms with van der Waals surface area (Å²) in [5, 5.41) is 2.84. The maximum atomic E-state index is 12.3. The fourth-order valence-corrected chi connectivity index (χ4v) is 2.43. The van der Waals surface area contributed by atoms with Crippen LogP contribution in [0.2, 0.25) is 0 Å². The van der Waals surface area contributed by atoms with Crippen molar-refractivity contribution in [2.75, 3.05) is 26.1 Å². The molecule has 2 aromatic carbocycles. The van der Waals surface area contributed by atoms with Crippen LogP contribution in [0.1, 0.15) is 25.0 Å². The molecule has 1 amide bonds. The number of anilines is 1. The van der Waals surface area contributed by atoms with Gasteiger partial charge in [0.1, 0.15) is 5.75 Å². The first-order valence-corrected chi connectivity index (χ1v) is 8.87. The Bertz CT molecular complexity index is 812. The maximum Gasteiger partial charge on any atom is 0.248 e. The summed E-state index contributed by atoms with van der Waals surface area (Å²) in [7, 11) is 3.17. The molecule has 144 valence electrons. The third-order valence-electron chi connectivity index (χ3n) is 3.80. The predicted octanol–water partition coefficient (Wildman–Crippen LogP) is 4.70. The van der Waals surface area contributed by atoms with Crippen molar-refractivity contribution in [1.82, 2.24) is 0 Å². The molecule has 5 nitrogen and oxygen atoms in total.